The Balaban J connectivity index is 1.67. The van der Waals surface area contributed by atoms with E-state index >= 15 is 0 Å². The predicted octanol–water partition coefficient (Wildman–Crippen LogP) is 5.05. The first-order valence-electron chi connectivity index (χ1n) is 12.3. The van der Waals surface area contributed by atoms with E-state index in [1.165, 1.54) is 18.4 Å². The fraction of sp³-hybridized carbons (Fsp3) is 0.241. The predicted molar refractivity (Wildman–Crippen MR) is 156 cm³/mol. The van der Waals surface area contributed by atoms with Gasteiger partial charge in [-0.2, -0.15) is 13.5 Å². The minimum atomic E-state index is -4.07. The summed E-state index contributed by atoms with van der Waals surface area (Å²) in [5, 5.41) is 6.69. The molecule has 9 nitrogen and oxygen atoms in total. The van der Waals surface area contributed by atoms with Gasteiger partial charge in [-0.05, 0) is 79.1 Å². The number of thiazole rings is 1. The largest absolute Gasteiger partial charge is 0.497 e. The van der Waals surface area contributed by atoms with Crippen molar-refractivity contribution < 1.29 is 26.8 Å². The van der Waals surface area contributed by atoms with Crippen LogP contribution in [0.25, 0.3) is 11.3 Å². The normalized spacial score (nSPS) is 12.2. The van der Waals surface area contributed by atoms with Gasteiger partial charge in [-0.3, -0.25) is 4.99 Å². The van der Waals surface area contributed by atoms with Crippen molar-refractivity contribution in [3.8, 4) is 28.5 Å². The van der Waals surface area contributed by atoms with Crippen LogP contribution in [-0.2, 0) is 14.9 Å². The zero-order valence-electron chi connectivity index (χ0n) is 23.0. The van der Waals surface area contributed by atoms with Crippen LogP contribution < -0.4 is 18.5 Å². The van der Waals surface area contributed by atoms with Crippen molar-refractivity contribution in [3.05, 3.63) is 87.5 Å². The summed E-state index contributed by atoms with van der Waals surface area (Å²) in [7, 11) is 0.646. The molecule has 4 aromatic rings. The van der Waals surface area contributed by atoms with Crippen LogP contribution in [0.2, 0.25) is 0 Å². The van der Waals surface area contributed by atoms with E-state index in [1.807, 2.05) is 42.6 Å². The molecule has 40 heavy (non-hydrogen) atoms. The van der Waals surface area contributed by atoms with Gasteiger partial charge in [0, 0.05) is 18.1 Å². The molecule has 4 rings (SSSR count). The van der Waals surface area contributed by atoms with Crippen LogP contribution in [0.1, 0.15) is 16.7 Å². The summed E-state index contributed by atoms with van der Waals surface area (Å²) >= 11 is 1.47. The first kappa shape index (κ1) is 29.1. The zero-order chi connectivity index (χ0) is 28.7. The number of aromatic nitrogens is 1. The Morgan fingerprint density at radius 3 is 2.40 bits per heavy atom. The van der Waals surface area contributed by atoms with Crippen LogP contribution in [0.4, 0.5) is 0 Å². The highest BCUT2D eigenvalue weighted by Crippen LogP contribution is 2.31. The summed E-state index contributed by atoms with van der Waals surface area (Å²) in [6.45, 7) is 4.53. The summed E-state index contributed by atoms with van der Waals surface area (Å²) in [5.74, 6) is 1.10. The Labute approximate surface area is 238 Å². The molecule has 0 amide bonds. The monoisotopic (exact) mass is 581 g/mol. The van der Waals surface area contributed by atoms with E-state index in [0.717, 1.165) is 22.6 Å². The highest BCUT2D eigenvalue weighted by atomic mass is 32.2. The molecule has 0 aliphatic rings. The average molecular weight is 582 g/mol. The molecule has 1 aromatic heterocycles. The van der Waals surface area contributed by atoms with E-state index in [-0.39, 0.29) is 16.4 Å². The van der Waals surface area contributed by atoms with Crippen LogP contribution in [0.3, 0.4) is 0 Å². The van der Waals surface area contributed by atoms with Gasteiger partial charge >= 0.3 is 10.1 Å². The summed E-state index contributed by atoms with van der Waals surface area (Å²) in [6.07, 6.45) is 1.65. The van der Waals surface area contributed by atoms with Crippen LogP contribution in [0.15, 0.2) is 81.0 Å². The SMILES string of the molecule is COCCN=c1scc(-c2ccc(OC)cc2)n1N=Cc1ccc(OS(=O)(=O)c2cc(C)ccc2C)c(OC)c1. The fourth-order valence-electron chi connectivity index (χ4n) is 3.81. The van der Waals surface area contributed by atoms with Gasteiger partial charge in [-0.15, -0.1) is 11.3 Å². The Hall–Kier alpha value is -3.93. The van der Waals surface area contributed by atoms with Gasteiger partial charge in [0.1, 0.15) is 10.6 Å². The fourth-order valence-corrected chi connectivity index (χ4v) is 5.93. The molecule has 0 saturated carbocycles. The van der Waals surface area contributed by atoms with Crippen LogP contribution in [0.5, 0.6) is 17.2 Å². The van der Waals surface area contributed by atoms with Crippen molar-refractivity contribution in [2.24, 2.45) is 10.1 Å². The van der Waals surface area contributed by atoms with Crippen molar-refractivity contribution >= 4 is 27.7 Å². The third-order valence-corrected chi connectivity index (χ3v) is 8.17. The van der Waals surface area contributed by atoms with Gasteiger partial charge in [-0.25, -0.2) is 4.68 Å². The van der Waals surface area contributed by atoms with E-state index in [2.05, 4.69) is 4.99 Å². The minimum absolute atomic E-state index is 0.0814. The second-order valence-electron chi connectivity index (χ2n) is 8.78. The second kappa shape index (κ2) is 12.9. The maximum Gasteiger partial charge on any atom is 0.339 e. The lowest BCUT2D eigenvalue weighted by molar-refractivity contribution is 0.207. The first-order chi connectivity index (χ1) is 19.2. The molecular weight excluding hydrogens is 550 g/mol. The van der Waals surface area contributed by atoms with Crippen molar-refractivity contribution in [1.82, 2.24) is 4.68 Å². The Morgan fingerprint density at radius 2 is 1.70 bits per heavy atom. The molecule has 0 aliphatic carbocycles. The number of methoxy groups -OCH3 is 3. The maximum absolute atomic E-state index is 13.0. The third-order valence-electron chi connectivity index (χ3n) is 5.94. The Kier molecular flexibility index (Phi) is 9.41. The molecule has 0 radical (unpaired) electrons. The molecule has 0 bridgehead atoms. The van der Waals surface area contributed by atoms with Gasteiger partial charge in [-0.1, -0.05) is 12.1 Å². The van der Waals surface area contributed by atoms with Gasteiger partial charge < -0.3 is 18.4 Å². The quantitative estimate of drug-likeness (QED) is 0.140. The lowest BCUT2D eigenvalue weighted by Crippen LogP contribution is -2.14. The molecule has 0 aliphatic heterocycles. The van der Waals surface area contributed by atoms with Crippen molar-refractivity contribution in [1.29, 1.82) is 0 Å². The minimum Gasteiger partial charge on any atom is -0.497 e. The smallest absolute Gasteiger partial charge is 0.339 e. The summed E-state index contributed by atoms with van der Waals surface area (Å²) in [6, 6.07) is 17.8. The van der Waals surface area contributed by atoms with Crippen molar-refractivity contribution in [2.45, 2.75) is 18.7 Å². The van der Waals surface area contributed by atoms with E-state index in [4.69, 9.17) is 23.5 Å². The first-order valence-corrected chi connectivity index (χ1v) is 14.6. The highest BCUT2D eigenvalue weighted by molar-refractivity contribution is 7.87. The van der Waals surface area contributed by atoms with Crippen molar-refractivity contribution in [2.75, 3.05) is 34.5 Å². The summed E-state index contributed by atoms with van der Waals surface area (Å²) in [5.41, 5.74) is 3.89. The van der Waals surface area contributed by atoms with Gasteiger partial charge in [0.2, 0.25) is 4.80 Å². The molecule has 11 heteroatoms. The molecular formula is C29H31N3O6S2. The number of hydrogen-bond donors (Lipinski definition) is 0. The topological polar surface area (TPSA) is 101 Å². The molecule has 0 atom stereocenters. The van der Waals surface area contributed by atoms with Gasteiger partial charge in [0.25, 0.3) is 0 Å². The zero-order valence-corrected chi connectivity index (χ0v) is 24.6. The Bertz CT molecular complexity index is 1670. The number of benzene rings is 3. The van der Waals surface area contributed by atoms with E-state index < -0.39 is 10.1 Å². The second-order valence-corrected chi connectivity index (χ2v) is 11.1. The molecule has 0 spiro atoms. The van der Waals surface area contributed by atoms with E-state index in [0.29, 0.717) is 29.1 Å². The van der Waals surface area contributed by atoms with Crippen LogP contribution in [0, 0.1) is 13.8 Å². The third kappa shape index (κ3) is 6.79. The maximum atomic E-state index is 13.0. The number of hydrogen-bond acceptors (Lipinski definition) is 9. The lowest BCUT2D eigenvalue weighted by atomic mass is 10.2. The average Bonchev–Trinajstić information content (AvgIpc) is 3.36. The highest BCUT2D eigenvalue weighted by Gasteiger charge is 2.21. The number of ether oxygens (including phenoxy) is 3. The molecule has 210 valence electrons. The van der Waals surface area contributed by atoms with Gasteiger partial charge in [0.05, 0.1) is 39.3 Å². The number of nitrogens with zero attached hydrogens (tertiary/aromatic N) is 3. The molecule has 0 saturated heterocycles. The molecule has 3 aromatic carbocycles. The molecule has 0 N–H and O–H groups in total. The van der Waals surface area contributed by atoms with Crippen LogP contribution >= 0.6 is 11.3 Å². The van der Waals surface area contributed by atoms with E-state index in [9.17, 15) is 8.42 Å². The standard InChI is InChI=1S/C29H31N3O6S2/c1-20-6-7-21(2)28(16-20)40(33,34)38-26-13-8-22(17-27(26)37-5)18-31-32-25(19-39-29(32)30-14-15-35-3)23-9-11-24(36-4)12-10-23/h6-13,16-19H,14-15H2,1-5H3. The molecule has 1 heterocycles. The molecule has 0 fully saturated rings. The summed E-state index contributed by atoms with van der Waals surface area (Å²) < 4.78 is 49.2. The van der Waals surface area contributed by atoms with Gasteiger partial charge in [0.15, 0.2) is 11.5 Å². The summed E-state index contributed by atoms with van der Waals surface area (Å²) in [4.78, 5) is 5.44. The number of rotatable bonds is 11. The molecule has 0 unspecified atom stereocenters. The Morgan fingerprint density at radius 1 is 0.925 bits per heavy atom. The lowest BCUT2D eigenvalue weighted by Gasteiger charge is -2.13. The van der Waals surface area contributed by atoms with Crippen LogP contribution in [-0.4, -0.2) is 53.8 Å². The van der Waals surface area contributed by atoms with Crippen molar-refractivity contribution in [3.63, 3.8) is 0 Å². The van der Waals surface area contributed by atoms with E-state index in [1.54, 1.807) is 62.4 Å². The number of aryl methyl sites for hydroxylation is 2.